The van der Waals surface area contributed by atoms with Crippen molar-refractivity contribution >= 4 is 22.7 Å². The molecule has 8 heteroatoms. The highest BCUT2D eigenvalue weighted by molar-refractivity contribution is 7.09. The van der Waals surface area contributed by atoms with E-state index < -0.39 is 0 Å². The van der Waals surface area contributed by atoms with Crippen LogP contribution in [0.15, 0.2) is 24.3 Å². The van der Waals surface area contributed by atoms with Crippen LogP contribution in [0.3, 0.4) is 0 Å². The minimum Gasteiger partial charge on any atom is -0.343 e. The van der Waals surface area contributed by atoms with Crippen LogP contribution in [0.25, 0.3) is 0 Å². The third kappa shape index (κ3) is 4.00. The van der Waals surface area contributed by atoms with E-state index in [1.807, 2.05) is 11.8 Å². The first-order valence-electron chi connectivity index (χ1n) is 8.00. The molecule has 1 aromatic carbocycles. The standard InChI is InChI=1S/C16H20FN5OS/c1-2-18-15(23)21-7-9-22(10-8-21)16-19-14(20-24-16)11-12-3-5-13(17)6-4-12/h3-6H,2,7-11H2,1H3,(H,18,23). The molecular weight excluding hydrogens is 329 g/mol. The molecule has 0 bridgehead atoms. The molecular formula is C16H20FN5OS. The van der Waals surface area contributed by atoms with Gasteiger partial charge in [-0.05, 0) is 24.6 Å². The summed E-state index contributed by atoms with van der Waals surface area (Å²) in [5, 5.41) is 3.70. The largest absolute Gasteiger partial charge is 0.343 e. The lowest BCUT2D eigenvalue weighted by Gasteiger charge is -2.34. The van der Waals surface area contributed by atoms with Crippen LogP contribution in [0.4, 0.5) is 14.3 Å². The summed E-state index contributed by atoms with van der Waals surface area (Å²) in [4.78, 5) is 20.4. The van der Waals surface area contributed by atoms with E-state index in [1.54, 1.807) is 12.1 Å². The van der Waals surface area contributed by atoms with Crippen LogP contribution in [-0.4, -0.2) is 53.0 Å². The van der Waals surface area contributed by atoms with Gasteiger partial charge in [-0.2, -0.15) is 4.37 Å². The first-order chi connectivity index (χ1) is 11.7. The van der Waals surface area contributed by atoms with Crippen molar-refractivity contribution in [2.24, 2.45) is 0 Å². The van der Waals surface area contributed by atoms with Gasteiger partial charge in [0.15, 0.2) is 0 Å². The minimum atomic E-state index is -0.240. The molecule has 1 aliphatic rings. The smallest absolute Gasteiger partial charge is 0.317 e. The zero-order valence-electron chi connectivity index (χ0n) is 13.5. The molecule has 1 aromatic heterocycles. The third-order valence-electron chi connectivity index (χ3n) is 3.90. The fourth-order valence-corrected chi connectivity index (χ4v) is 3.33. The quantitative estimate of drug-likeness (QED) is 0.918. The molecule has 1 saturated heterocycles. The van der Waals surface area contributed by atoms with Gasteiger partial charge in [-0.3, -0.25) is 0 Å². The molecule has 0 radical (unpaired) electrons. The Kier molecular flexibility index (Phi) is 5.24. The molecule has 3 rings (SSSR count). The van der Waals surface area contributed by atoms with Crippen molar-refractivity contribution in [1.82, 2.24) is 19.6 Å². The lowest BCUT2D eigenvalue weighted by Crippen LogP contribution is -2.51. The van der Waals surface area contributed by atoms with E-state index in [9.17, 15) is 9.18 Å². The molecule has 0 unspecified atom stereocenters. The maximum absolute atomic E-state index is 12.9. The molecule has 0 spiro atoms. The third-order valence-corrected chi connectivity index (χ3v) is 4.71. The van der Waals surface area contributed by atoms with Gasteiger partial charge in [0.2, 0.25) is 5.13 Å². The molecule has 0 aliphatic carbocycles. The Hall–Kier alpha value is -2.22. The number of carbonyl (C=O) groups excluding carboxylic acids is 1. The molecule has 1 N–H and O–H groups in total. The van der Waals surface area contributed by atoms with E-state index in [0.29, 0.717) is 26.1 Å². The van der Waals surface area contributed by atoms with Gasteiger partial charge >= 0.3 is 6.03 Å². The summed E-state index contributed by atoms with van der Waals surface area (Å²) in [5.41, 5.74) is 0.988. The van der Waals surface area contributed by atoms with E-state index in [1.165, 1.54) is 23.7 Å². The van der Waals surface area contributed by atoms with Crippen LogP contribution in [-0.2, 0) is 6.42 Å². The Balaban J connectivity index is 1.56. The average Bonchev–Trinajstić information content (AvgIpc) is 3.06. The first-order valence-corrected chi connectivity index (χ1v) is 8.78. The zero-order valence-corrected chi connectivity index (χ0v) is 14.4. The van der Waals surface area contributed by atoms with E-state index in [0.717, 1.165) is 29.6 Å². The molecule has 0 saturated carbocycles. The molecule has 6 nitrogen and oxygen atoms in total. The number of hydrogen-bond donors (Lipinski definition) is 1. The van der Waals surface area contributed by atoms with Gasteiger partial charge in [0.05, 0.1) is 0 Å². The number of hydrogen-bond acceptors (Lipinski definition) is 5. The average molecular weight is 349 g/mol. The minimum absolute atomic E-state index is 0.00795. The van der Waals surface area contributed by atoms with Gasteiger partial charge in [-0.1, -0.05) is 12.1 Å². The number of halogens is 1. The van der Waals surface area contributed by atoms with Gasteiger partial charge in [0, 0.05) is 50.7 Å². The number of nitrogens with one attached hydrogen (secondary N) is 1. The van der Waals surface area contributed by atoms with Crippen LogP contribution in [0.1, 0.15) is 18.3 Å². The van der Waals surface area contributed by atoms with Crippen LogP contribution in [0, 0.1) is 5.82 Å². The van der Waals surface area contributed by atoms with Gasteiger partial charge in [-0.25, -0.2) is 14.2 Å². The van der Waals surface area contributed by atoms with Crippen molar-refractivity contribution < 1.29 is 9.18 Å². The summed E-state index contributed by atoms with van der Waals surface area (Å²) in [6, 6.07) is 6.39. The highest BCUT2D eigenvalue weighted by Gasteiger charge is 2.22. The summed E-state index contributed by atoms with van der Waals surface area (Å²) in [7, 11) is 0. The summed E-state index contributed by atoms with van der Waals surface area (Å²) in [6.07, 6.45) is 0.593. The van der Waals surface area contributed by atoms with Crippen molar-refractivity contribution in [2.75, 3.05) is 37.6 Å². The maximum Gasteiger partial charge on any atom is 0.317 e. The summed E-state index contributed by atoms with van der Waals surface area (Å²) in [5.74, 6) is 0.503. The second kappa shape index (κ2) is 7.57. The predicted molar refractivity (Wildman–Crippen MR) is 92.0 cm³/mol. The van der Waals surface area contributed by atoms with E-state index >= 15 is 0 Å². The number of anilines is 1. The molecule has 2 amide bonds. The Morgan fingerprint density at radius 3 is 2.62 bits per heavy atom. The normalized spacial score (nSPS) is 14.8. The van der Waals surface area contributed by atoms with Gasteiger partial charge in [-0.15, -0.1) is 0 Å². The molecule has 2 aromatic rings. The number of urea groups is 1. The zero-order chi connectivity index (χ0) is 16.9. The Morgan fingerprint density at radius 2 is 1.96 bits per heavy atom. The van der Waals surface area contributed by atoms with Crippen molar-refractivity contribution in [3.63, 3.8) is 0 Å². The lowest BCUT2D eigenvalue weighted by atomic mass is 10.1. The summed E-state index contributed by atoms with van der Waals surface area (Å²) < 4.78 is 17.3. The molecule has 1 fully saturated rings. The second-order valence-electron chi connectivity index (χ2n) is 5.61. The monoisotopic (exact) mass is 349 g/mol. The predicted octanol–water partition coefficient (Wildman–Crippen LogP) is 2.12. The summed E-state index contributed by atoms with van der Waals surface area (Å²) in [6.45, 7) is 5.42. The maximum atomic E-state index is 12.9. The number of carbonyl (C=O) groups is 1. The second-order valence-corrected chi connectivity index (χ2v) is 6.34. The van der Waals surface area contributed by atoms with E-state index in [4.69, 9.17) is 0 Å². The Morgan fingerprint density at radius 1 is 1.25 bits per heavy atom. The molecule has 2 heterocycles. The van der Waals surface area contributed by atoms with Crippen LogP contribution in [0.2, 0.25) is 0 Å². The Bertz CT molecular complexity index is 682. The van der Waals surface area contributed by atoms with Crippen molar-refractivity contribution in [3.8, 4) is 0 Å². The number of aromatic nitrogens is 2. The highest BCUT2D eigenvalue weighted by Crippen LogP contribution is 2.20. The van der Waals surface area contributed by atoms with E-state index in [-0.39, 0.29) is 11.8 Å². The topological polar surface area (TPSA) is 61.4 Å². The lowest BCUT2D eigenvalue weighted by molar-refractivity contribution is 0.195. The highest BCUT2D eigenvalue weighted by atomic mass is 32.1. The summed E-state index contributed by atoms with van der Waals surface area (Å²) >= 11 is 1.37. The molecule has 1 aliphatic heterocycles. The molecule has 128 valence electrons. The fourth-order valence-electron chi connectivity index (χ4n) is 2.59. The van der Waals surface area contributed by atoms with Crippen molar-refractivity contribution in [2.45, 2.75) is 13.3 Å². The molecule has 24 heavy (non-hydrogen) atoms. The van der Waals surface area contributed by atoms with E-state index in [2.05, 4.69) is 19.6 Å². The van der Waals surface area contributed by atoms with Gasteiger partial charge in [0.25, 0.3) is 0 Å². The number of benzene rings is 1. The number of amides is 2. The molecule has 0 atom stereocenters. The number of rotatable bonds is 4. The van der Waals surface area contributed by atoms with Crippen molar-refractivity contribution in [3.05, 3.63) is 41.5 Å². The van der Waals surface area contributed by atoms with Gasteiger partial charge < -0.3 is 15.1 Å². The fraction of sp³-hybridized carbons (Fsp3) is 0.438. The van der Waals surface area contributed by atoms with Gasteiger partial charge in [0.1, 0.15) is 11.6 Å². The van der Waals surface area contributed by atoms with Crippen LogP contribution in [0.5, 0.6) is 0 Å². The number of nitrogens with zero attached hydrogens (tertiary/aromatic N) is 4. The Labute approximate surface area is 144 Å². The van der Waals surface area contributed by atoms with Crippen LogP contribution < -0.4 is 10.2 Å². The van der Waals surface area contributed by atoms with Crippen molar-refractivity contribution in [1.29, 1.82) is 0 Å². The SMILES string of the molecule is CCNC(=O)N1CCN(c2nc(Cc3ccc(F)cc3)ns2)CC1. The van der Waals surface area contributed by atoms with Crippen LogP contribution >= 0.6 is 11.5 Å². The number of piperazine rings is 1. The first kappa shape index (κ1) is 16.6.